The number of hydrogen-bond donors (Lipinski definition) is 1. The van der Waals surface area contributed by atoms with E-state index in [0.717, 1.165) is 0 Å². The minimum absolute atomic E-state index is 0.0873. The summed E-state index contributed by atoms with van der Waals surface area (Å²) in [7, 11) is 1.58. The van der Waals surface area contributed by atoms with Gasteiger partial charge in [-0.25, -0.2) is 4.79 Å². The average molecular weight is 241 g/mol. The van der Waals surface area contributed by atoms with Gasteiger partial charge in [0.25, 0.3) is 0 Å². The fourth-order valence-corrected chi connectivity index (χ4v) is 1.74. The SMILES string of the molecule is COCC(C)c1noc(CC(C)C)c1C(=O)O. The summed E-state index contributed by atoms with van der Waals surface area (Å²) in [4.78, 5) is 11.3. The molecule has 0 aliphatic carbocycles. The third kappa shape index (κ3) is 3.30. The van der Waals surface area contributed by atoms with E-state index in [2.05, 4.69) is 5.16 Å². The fraction of sp³-hybridized carbons (Fsp3) is 0.667. The summed E-state index contributed by atoms with van der Waals surface area (Å²) in [6, 6.07) is 0. The zero-order valence-corrected chi connectivity index (χ0v) is 10.7. The maximum atomic E-state index is 11.3. The number of ether oxygens (including phenoxy) is 1. The first kappa shape index (κ1) is 13.7. The van der Waals surface area contributed by atoms with Crippen molar-refractivity contribution >= 4 is 5.97 Å². The van der Waals surface area contributed by atoms with Crippen molar-refractivity contribution in [3.05, 3.63) is 17.0 Å². The third-order valence-electron chi connectivity index (χ3n) is 2.48. The van der Waals surface area contributed by atoms with Gasteiger partial charge >= 0.3 is 5.97 Å². The predicted octanol–water partition coefficient (Wildman–Crippen LogP) is 2.32. The van der Waals surface area contributed by atoms with Crippen molar-refractivity contribution in [1.82, 2.24) is 5.16 Å². The Bertz CT molecular complexity index is 384. The van der Waals surface area contributed by atoms with Crippen molar-refractivity contribution in [3.63, 3.8) is 0 Å². The zero-order valence-electron chi connectivity index (χ0n) is 10.7. The summed E-state index contributed by atoms with van der Waals surface area (Å²) in [5, 5.41) is 13.1. The molecule has 96 valence electrons. The van der Waals surface area contributed by atoms with Crippen LogP contribution in [0.2, 0.25) is 0 Å². The van der Waals surface area contributed by atoms with E-state index in [4.69, 9.17) is 9.26 Å². The summed E-state index contributed by atoms with van der Waals surface area (Å²) in [5.74, 6) is -0.298. The Morgan fingerprint density at radius 1 is 1.47 bits per heavy atom. The number of hydrogen-bond acceptors (Lipinski definition) is 4. The highest BCUT2D eigenvalue weighted by atomic mass is 16.5. The van der Waals surface area contributed by atoms with Crippen molar-refractivity contribution in [2.24, 2.45) is 5.92 Å². The average Bonchev–Trinajstić information content (AvgIpc) is 2.60. The van der Waals surface area contributed by atoms with E-state index in [1.807, 2.05) is 20.8 Å². The topological polar surface area (TPSA) is 72.6 Å². The van der Waals surface area contributed by atoms with Crippen molar-refractivity contribution in [3.8, 4) is 0 Å². The molecule has 5 nitrogen and oxygen atoms in total. The Labute approximate surface area is 101 Å². The standard InChI is InChI=1S/C12H19NO4/c1-7(2)5-9-10(12(14)15)11(13-17-9)8(3)6-16-4/h7-8H,5-6H2,1-4H3,(H,14,15). The number of nitrogens with zero attached hydrogens (tertiary/aromatic N) is 1. The van der Waals surface area contributed by atoms with Gasteiger partial charge in [-0.15, -0.1) is 0 Å². The molecule has 1 heterocycles. The highest BCUT2D eigenvalue weighted by Gasteiger charge is 2.26. The van der Waals surface area contributed by atoms with Crippen LogP contribution in [0.1, 0.15) is 48.5 Å². The summed E-state index contributed by atoms with van der Waals surface area (Å²) in [5.41, 5.74) is 0.665. The van der Waals surface area contributed by atoms with E-state index in [9.17, 15) is 9.90 Å². The Morgan fingerprint density at radius 3 is 2.59 bits per heavy atom. The van der Waals surface area contributed by atoms with Crippen LogP contribution in [-0.2, 0) is 11.2 Å². The second-order valence-corrected chi connectivity index (χ2v) is 4.63. The van der Waals surface area contributed by atoms with Gasteiger partial charge < -0.3 is 14.4 Å². The minimum Gasteiger partial charge on any atom is -0.477 e. The second kappa shape index (κ2) is 5.82. The lowest BCUT2D eigenvalue weighted by Gasteiger charge is -2.07. The van der Waals surface area contributed by atoms with Crippen LogP contribution in [0.25, 0.3) is 0 Å². The van der Waals surface area contributed by atoms with Crippen LogP contribution in [-0.4, -0.2) is 29.9 Å². The number of carboxylic acids is 1. The summed E-state index contributed by atoms with van der Waals surface area (Å²) in [6.07, 6.45) is 0.578. The number of carboxylic acid groups (broad SMARTS) is 1. The largest absolute Gasteiger partial charge is 0.477 e. The van der Waals surface area contributed by atoms with Gasteiger partial charge in [-0.3, -0.25) is 0 Å². The molecule has 1 N–H and O–H groups in total. The maximum Gasteiger partial charge on any atom is 0.341 e. The lowest BCUT2D eigenvalue weighted by Crippen LogP contribution is -2.10. The summed E-state index contributed by atoms with van der Waals surface area (Å²) >= 11 is 0. The molecule has 1 aromatic rings. The first-order valence-corrected chi connectivity index (χ1v) is 5.68. The quantitative estimate of drug-likeness (QED) is 0.827. The highest BCUT2D eigenvalue weighted by molar-refractivity contribution is 5.90. The van der Waals surface area contributed by atoms with Gasteiger partial charge in [0.1, 0.15) is 11.3 Å². The molecule has 1 rings (SSSR count). The summed E-state index contributed by atoms with van der Waals surface area (Å²) < 4.78 is 10.2. The van der Waals surface area contributed by atoms with Gasteiger partial charge in [0.15, 0.2) is 5.76 Å². The molecule has 0 bridgehead atoms. The van der Waals surface area contributed by atoms with E-state index in [-0.39, 0.29) is 11.5 Å². The van der Waals surface area contributed by atoms with Gasteiger partial charge in [-0.1, -0.05) is 25.9 Å². The third-order valence-corrected chi connectivity index (χ3v) is 2.48. The number of rotatable bonds is 6. The lowest BCUT2D eigenvalue weighted by atomic mass is 9.99. The molecule has 0 saturated heterocycles. The Morgan fingerprint density at radius 2 is 2.12 bits per heavy atom. The fourth-order valence-electron chi connectivity index (χ4n) is 1.74. The van der Waals surface area contributed by atoms with Crippen LogP contribution < -0.4 is 0 Å². The van der Waals surface area contributed by atoms with Gasteiger partial charge in [-0.05, 0) is 5.92 Å². The predicted molar refractivity (Wildman–Crippen MR) is 62.3 cm³/mol. The number of methoxy groups -OCH3 is 1. The highest BCUT2D eigenvalue weighted by Crippen LogP contribution is 2.24. The van der Waals surface area contributed by atoms with Crippen LogP contribution in [0.15, 0.2) is 4.52 Å². The van der Waals surface area contributed by atoms with Gasteiger partial charge in [0.05, 0.1) is 6.61 Å². The van der Waals surface area contributed by atoms with Crippen LogP contribution in [0.4, 0.5) is 0 Å². The zero-order chi connectivity index (χ0) is 13.0. The van der Waals surface area contributed by atoms with E-state index in [0.29, 0.717) is 30.4 Å². The lowest BCUT2D eigenvalue weighted by molar-refractivity contribution is 0.0692. The van der Waals surface area contributed by atoms with Crippen LogP contribution in [0, 0.1) is 5.92 Å². The van der Waals surface area contributed by atoms with Crippen molar-refractivity contribution in [2.75, 3.05) is 13.7 Å². The molecule has 0 aliphatic rings. The first-order valence-electron chi connectivity index (χ1n) is 5.68. The molecule has 0 spiro atoms. The molecular weight excluding hydrogens is 222 g/mol. The summed E-state index contributed by atoms with van der Waals surface area (Å²) in [6.45, 7) is 6.31. The van der Waals surface area contributed by atoms with E-state index < -0.39 is 5.97 Å². The molecule has 1 aromatic heterocycles. The minimum atomic E-state index is -0.986. The molecule has 1 unspecified atom stereocenters. The Kier molecular flexibility index (Phi) is 4.69. The van der Waals surface area contributed by atoms with Crippen LogP contribution in [0.5, 0.6) is 0 Å². The monoisotopic (exact) mass is 241 g/mol. The molecule has 0 fully saturated rings. The van der Waals surface area contributed by atoms with Gasteiger partial charge in [0.2, 0.25) is 0 Å². The Hall–Kier alpha value is -1.36. The van der Waals surface area contributed by atoms with E-state index in [1.165, 1.54) is 0 Å². The molecule has 5 heteroatoms. The molecule has 0 aliphatic heterocycles. The van der Waals surface area contributed by atoms with Gasteiger partial charge in [0, 0.05) is 19.4 Å². The number of aromatic nitrogens is 1. The van der Waals surface area contributed by atoms with Gasteiger partial charge in [-0.2, -0.15) is 0 Å². The smallest absolute Gasteiger partial charge is 0.341 e. The molecule has 0 aromatic carbocycles. The first-order chi connectivity index (χ1) is 7.97. The Balaban J connectivity index is 3.06. The molecule has 0 radical (unpaired) electrons. The van der Waals surface area contributed by atoms with E-state index in [1.54, 1.807) is 7.11 Å². The normalized spacial score (nSPS) is 13.0. The van der Waals surface area contributed by atoms with E-state index >= 15 is 0 Å². The second-order valence-electron chi connectivity index (χ2n) is 4.63. The molecule has 0 amide bonds. The molecule has 17 heavy (non-hydrogen) atoms. The molecule has 1 atom stereocenters. The number of aromatic carboxylic acids is 1. The molecular formula is C12H19NO4. The van der Waals surface area contributed by atoms with Crippen molar-refractivity contribution < 1.29 is 19.2 Å². The van der Waals surface area contributed by atoms with Crippen LogP contribution >= 0.6 is 0 Å². The van der Waals surface area contributed by atoms with Crippen molar-refractivity contribution in [2.45, 2.75) is 33.1 Å². The maximum absolute atomic E-state index is 11.3. The van der Waals surface area contributed by atoms with Crippen molar-refractivity contribution in [1.29, 1.82) is 0 Å². The molecule has 0 saturated carbocycles. The number of carbonyl (C=O) groups is 1. The van der Waals surface area contributed by atoms with Crippen LogP contribution in [0.3, 0.4) is 0 Å².